The highest BCUT2D eigenvalue weighted by Gasteiger charge is 2.42. The van der Waals surface area contributed by atoms with Crippen molar-refractivity contribution in [3.8, 4) is 0 Å². The molecule has 0 aromatic carbocycles. The topological polar surface area (TPSA) is 35.6 Å². The zero-order valence-corrected chi connectivity index (χ0v) is 13.4. The zero-order chi connectivity index (χ0) is 14.0. The van der Waals surface area contributed by atoms with Gasteiger partial charge >= 0.3 is 0 Å². The molecule has 0 bridgehead atoms. The summed E-state index contributed by atoms with van der Waals surface area (Å²) in [6.45, 7) is 7.48. The van der Waals surface area contributed by atoms with Gasteiger partial charge in [0.05, 0.1) is 0 Å². The number of piperazine rings is 1. The van der Waals surface area contributed by atoms with E-state index in [4.69, 9.17) is 0 Å². The zero-order valence-electron chi connectivity index (χ0n) is 12.6. The average Bonchev–Trinajstić information content (AvgIpc) is 2.37. The standard InChI is InChI=1S/C14H27N3OS/c1-14(2)5-8-19-10-12(14)17-7-6-15-9-11(17)13(18)16(3)4/h11-12,15H,5-10H2,1-4H3. The van der Waals surface area contributed by atoms with Gasteiger partial charge in [-0.1, -0.05) is 13.8 Å². The summed E-state index contributed by atoms with van der Waals surface area (Å²) in [5.74, 6) is 2.64. The van der Waals surface area contributed by atoms with Gasteiger partial charge in [0.2, 0.25) is 5.91 Å². The Hall–Kier alpha value is -0.260. The molecule has 5 heteroatoms. The van der Waals surface area contributed by atoms with Gasteiger partial charge in [-0.2, -0.15) is 11.8 Å². The first-order valence-electron chi connectivity index (χ1n) is 7.19. The molecule has 0 aliphatic carbocycles. The van der Waals surface area contributed by atoms with E-state index in [1.807, 2.05) is 25.9 Å². The second kappa shape index (κ2) is 6.02. The summed E-state index contributed by atoms with van der Waals surface area (Å²) >= 11 is 2.03. The third-order valence-corrected chi connectivity index (χ3v) is 5.52. The summed E-state index contributed by atoms with van der Waals surface area (Å²) in [7, 11) is 3.71. The largest absolute Gasteiger partial charge is 0.347 e. The summed E-state index contributed by atoms with van der Waals surface area (Å²) in [5, 5.41) is 3.37. The molecule has 2 fully saturated rings. The quantitative estimate of drug-likeness (QED) is 0.817. The number of carbonyl (C=O) groups excluding carboxylic acids is 1. The number of nitrogens with one attached hydrogen (secondary N) is 1. The average molecular weight is 285 g/mol. The third kappa shape index (κ3) is 3.26. The highest BCUT2D eigenvalue weighted by atomic mass is 32.2. The van der Waals surface area contributed by atoms with Crippen molar-refractivity contribution in [1.82, 2.24) is 15.1 Å². The Morgan fingerprint density at radius 3 is 2.79 bits per heavy atom. The minimum absolute atomic E-state index is 0.00623. The fourth-order valence-electron chi connectivity index (χ4n) is 3.09. The Morgan fingerprint density at radius 2 is 2.16 bits per heavy atom. The third-order valence-electron chi connectivity index (χ3n) is 4.48. The molecule has 2 atom stereocenters. The van der Waals surface area contributed by atoms with Crippen LogP contribution in [0.1, 0.15) is 20.3 Å². The summed E-state index contributed by atoms with van der Waals surface area (Å²) in [6.07, 6.45) is 1.25. The normalized spacial score (nSPS) is 32.0. The molecule has 2 heterocycles. The fraction of sp³-hybridized carbons (Fsp3) is 0.929. The number of carbonyl (C=O) groups is 1. The Balaban J connectivity index is 2.16. The Kier molecular flexibility index (Phi) is 4.79. The van der Waals surface area contributed by atoms with E-state index in [1.165, 1.54) is 12.2 Å². The molecule has 19 heavy (non-hydrogen) atoms. The van der Waals surface area contributed by atoms with Crippen LogP contribution in [0.5, 0.6) is 0 Å². The molecule has 1 N–H and O–H groups in total. The number of nitrogens with zero attached hydrogens (tertiary/aromatic N) is 2. The van der Waals surface area contributed by atoms with Gasteiger partial charge in [0.15, 0.2) is 0 Å². The van der Waals surface area contributed by atoms with Crippen molar-refractivity contribution in [2.45, 2.75) is 32.4 Å². The number of hydrogen-bond acceptors (Lipinski definition) is 4. The molecule has 0 saturated carbocycles. The highest BCUT2D eigenvalue weighted by Crippen LogP contribution is 2.38. The van der Waals surface area contributed by atoms with Crippen LogP contribution in [0.4, 0.5) is 0 Å². The minimum atomic E-state index is 0.00623. The van der Waals surface area contributed by atoms with Gasteiger partial charge in [-0.25, -0.2) is 0 Å². The van der Waals surface area contributed by atoms with Gasteiger partial charge in [-0.05, 0) is 17.6 Å². The molecule has 0 spiro atoms. The second-order valence-corrected chi connectivity index (χ2v) is 7.67. The van der Waals surface area contributed by atoms with Gasteiger partial charge < -0.3 is 10.2 Å². The molecular formula is C14H27N3OS. The van der Waals surface area contributed by atoms with E-state index in [-0.39, 0.29) is 11.9 Å². The van der Waals surface area contributed by atoms with Gasteiger partial charge in [-0.3, -0.25) is 9.69 Å². The molecule has 2 aliphatic rings. The predicted octanol–water partition coefficient (Wildman–Crippen LogP) is 0.880. The smallest absolute Gasteiger partial charge is 0.240 e. The Bertz CT molecular complexity index is 333. The number of rotatable bonds is 2. The van der Waals surface area contributed by atoms with Crippen LogP contribution in [0.2, 0.25) is 0 Å². The maximum absolute atomic E-state index is 12.4. The van der Waals surface area contributed by atoms with Gasteiger partial charge in [-0.15, -0.1) is 0 Å². The first-order valence-corrected chi connectivity index (χ1v) is 8.34. The predicted molar refractivity (Wildman–Crippen MR) is 81.6 cm³/mol. The molecule has 0 radical (unpaired) electrons. The van der Waals surface area contributed by atoms with Crippen molar-refractivity contribution in [3.63, 3.8) is 0 Å². The minimum Gasteiger partial charge on any atom is -0.347 e. The van der Waals surface area contributed by atoms with Crippen LogP contribution in [0.25, 0.3) is 0 Å². The lowest BCUT2D eigenvalue weighted by atomic mass is 9.80. The number of thioether (sulfide) groups is 1. The maximum atomic E-state index is 12.4. The molecule has 110 valence electrons. The second-order valence-electron chi connectivity index (χ2n) is 6.52. The SMILES string of the molecule is CN(C)C(=O)C1CNCCN1C1CSCCC1(C)C. The van der Waals surface area contributed by atoms with Crippen molar-refractivity contribution >= 4 is 17.7 Å². The fourth-order valence-corrected chi connectivity index (χ4v) is 4.79. The van der Waals surface area contributed by atoms with Crippen LogP contribution < -0.4 is 5.32 Å². The van der Waals surface area contributed by atoms with Crippen LogP contribution >= 0.6 is 11.8 Å². The Labute approximate surface area is 121 Å². The maximum Gasteiger partial charge on any atom is 0.240 e. The summed E-state index contributed by atoms with van der Waals surface area (Å²) in [4.78, 5) is 16.6. The van der Waals surface area contributed by atoms with E-state index in [0.717, 1.165) is 25.4 Å². The summed E-state index contributed by atoms with van der Waals surface area (Å²) in [6, 6.07) is 0.522. The summed E-state index contributed by atoms with van der Waals surface area (Å²) in [5.41, 5.74) is 0.313. The van der Waals surface area contributed by atoms with E-state index in [9.17, 15) is 4.79 Å². The number of likely N-dealkylation sites (N-methyl/N-ethyl adjacent to an activating group) is 1. The molecule has 1 amide bonds. The van der Waals surface area contributed by atoms with Crippen LogP contribution in [-0.2, 0) is 4.79 Å². The van der Waals surface area contributed by atoms with E-state index in [1.54, 1.807) is 4.90 Å². The molecule has 2 aliphatic heterocycles. The molecule has 2 unspecified atom stereocenters. The molecule has 4 nitrogen and oxygen atoms in total. The van der Waals surface area contributed by atoms with Crippen LogP contribution in [0, 0.1) is 5.41 Å². The van der Waals surface area contributed by atoms with Crippen molar-refractivity contribution in [1.29, 1.82) is 0 Å². The van der Waals surface area contributed by atoms with Crippen molar-refractivity contribution in [3.05, 3.63) is 0 Å². The Morgan fingerprint density at radius 1 is 1.42 bits per heavy atom. The van der Waals surface area contributed by atoms with E-state index >= 15 is 0 Å². The lowest BCUT2D eigenvalue weighted by Gasteiger charge is -2.49. The van der Waals surface area contributed by atoms with Gasteiger partial charge in [0, 0.05) is 45.5 Å². The first-order chi connectivity index (χ1) is 8.93. The van der Waals surface area contributed by atoms with E-state index in [0.29, 0.717) is 11.5 Å². The molecule has 0 aromatic rings. The molecular weight excluding hydrogens is 258 g/mol. The number of amides is 1. The van der Waals surface area contributed by atoms with E-state index in [2.05, 4.69) is 24.1 Å². The first kappa shape index (κ1) is 15.1. The molecule has 2 rings (SSSR count). The van der Waals surface area contributed by atoms with Crippen molar-refractivity contribution < 1.29 is 4.79 Å². The van der Waals surface area contributed by atoms with Crippen molar-refractivity contribution in [2.24, 2.45) is 5.41 Å². The van der Waals surface area contributed by atoms with Crippen LogP contribution in [-0.4, -0.2) is 73.0 Å². The van der Waals surface area contributed by atoms with Gasteiger partial charge in [0.1, 0.15) is 6.04 Å². The summed E-state index contributed by atoms with van der Waals surface area (Å²) < 4.78 is 0. The molecule has 2 saturated heterocycles. The van der Waals surface area contributed by atoms with Crippen LogP contribution in [0.3, 0.4) is 0 Å². The highest BCUT2D eigenvalue weighted by molar-refractivity contribution is 7.99. The van der Waals surface area contributed by atoms with Crippen molar-refractivity contribution in [2.75, 3.05) is 45.2 Å². The monoisotopic (exact) mass is 285 g/mol. The molecule has 0 aromatic heterocycles. The lowest BCUT2D eigenvalue weighted by Crippen LogP contribution is -2.64. The van der Waals surface area contributed by atoms with E-state index < -0.39 is 0 Å². The van der Waals surface area contributed by atoms with Gasteiger partial charge in [0.25, 0.3) is 0 Å². The number of hydrogen-bond donors (Lipinski definition) is 1. The van der Waals surface area contributed by atoms with Crippen LogP contribution in [0.15, 0.2) is 0 Å². The lowest BCUT2D eigenvalue weighted by molar-refractivity contribution is -0.137.